The SMILES string of the molecule is COc1cc(C)c(-c2n[nH]c(C)c2N)cc1C. The fourth-order valence-electron chi connectivity index (χ4n) is 1.91. The third kappa shape index (κ3) is 1.86. The second-order valence-electron chi connectivity index (χ2n) is 4.25. The van der Waals surface area contributed by atoms with Crippen LogP contribution in [-0.4, -0.2) is 17.3 Å². The summed E-state index contributed by atoms with van der Waals surface area (Å²) >= 11 is 0. The molecule has 0 spiro atoms. The number of methoxy groups -OCH3 is 1. The smallest absolute Gasteiger partial charge is 0.122 e. The highest BCUT2D eigenvalue weighted by molar-refractivity contribution is 5.77. The largest absolute Gasteiger partial charge is 0.496 e. The van der Waals surface area contributed by atoms with Crippen LogP contribution in [0.1, 0.15) is 16.8 Å². The lowest BCUT2D eigenvalue weighted by molar-refractivity contribution is 0.411. The molecule has 2 rings (SSSR count). The molecule has 0 radical (unpaired) electrons. The number of anilines is 1. The van der Waals surface area contributed by atoms with E-state index in [4.69, 9.17) is 10.5 Å². The number of ether oxygens (including phenoxy) is 1. The van der Waals surface area contributed by atoms with Crippen molar-refractivity contribution in [2.45, 2.75) is 20.8 Å². The number of nitrogen functional groups attached to an aromatic ring is 1. The third-order valence-electron chi connectivity index (χ3n) is 2.99. The third-order valence-corrected chi connectivity index (χ3v) is 2.99. The summed E-state index contributed by atoms with van der Waals surface area (Å²) in [5.74, 6) is 0.886. The first-order chi connectivity index (χ1) is 8.04. The molecule has 17 heavy (non-hydrogen) atoms. The Morgan fingerprint density at radius 2 is 1.88 bits per heavy atom. The van der Waals surface area contributed by atoms with E-state index in [2.05, 4.69) is 16.3 Å². The minimum absolute atomic E-state index is 0.706. The number of nitrogens with zero attached hydrogens (tertiary/aromatic N) is 1. The highest BCUT2D eigenvalue weighted by atomic mass is 16.5. The molecule has 0 fully saturated rings. The van der Waals surface area contributed by atoms with Crippen molar-refractivity contribution in [1.82, 2.24) is 10.2 Å². The summed E-state index contributed by atoms with van der Waals surface area (Å²) in [6.07, 6.45) is 0. The van der Waals surface area contributed by atoms with E-state index in [1.54, 1.807) is 7.11 Å². The van der Waals surface area contributed by atoms with Crippen molar-refractivity contribution in [3.05, 3.63) is 29.0 Å². The Kier molecular flexibility index (Phi) is 2.79. The van der Waals surface area contributed by atoms with E-state index < -0.39 is 0 Å². The zero-order valence-electron chi connectivity index (χ0n) is 10.6. The molecule has 1 aromatic heterocycles. The molecule has 0 aliphatic rings. The van der Waals surface area contributed by atoms with Crippen LogP contribution in [0.5, 0.6) is 5.75 Å². The second-order valence-corrected chi connectivity index (χ2v) is 4.25. The van der Waals surface area contributed by atoms with Crippen molar-refractivity contribution < 1.29 is 4.74 Å². The van der Waals surface area contributed by atoms with Crippen LogP contribution in [0.3, 0.4) is 0 Å². The first-order valence-corrected chi connectivity index (χ1v) is 5.50. The fraction of sp³-hybridized carbons (Fsp3) is 0.308. The van der Waals surface area contributed by atoms with Gasteiger partial charge in [0.05, 0.1) is 18.5 Å². The van der Waals surface area contributed by atoms with Gasteiger partial charge >= 0.3 is 0 Å². The number of hydrogen-bond acceptors (Lipinski definition) is 3. The van der Waals surface area contributed by atoms with Crippen LogP contribution in [0.2, 0.25) is 0 Å². The zero-order valence-corrected chi connectivity index (χ0v) is 10.6. The Morgan fingerprint density at radius 1 is 1.18 bits per heavy atom. The average Bonchev–Trinajstić information content (AvgIpc) is 2.63. The Balaban J connectivity index is 2.60. The van der Waals surface area contributed by atoms with Crippen molar-refractivity contribution in [2.75, 3.05) is 12.8 Å². The van der Waals surface area contributed by atoms with Crippen molar-refractivity contribution in [3.63, 3.8) is 0 Å². The molecule has 1 aromatic carbocycles. The maximum absolute atomic E-state index is 6.00. The van der Waals surface area contributed by atoms with E-state index in [0.29, 0.717) is 5.69 Å². The lowest BCUT2D eigenvalue weighted by Crippen LogP contribution is -1.94. The van der Waals surface area contributed by atoms with Gasteiger partial charge < -0.3 is 10.5 Å². The second kappa shape index (κ2) is 4.13. The van der Waals surface area contributed by atoms with Crippen LogP contribution < -0.4 is 10.5 Å². The summed E-state index contributed by atoms with van der Waals surface area (Å²) in [7, 11) is 1.68. The van der Waals surface area contributed by atoms with E-state index in [9.17, 15) is 0 Å². The number of hydrogen-bond donors (Lipinski definition) is 2. The first kappa shape index (κ1) is 11.5. The number of H-pyrrole nitrogens is 1. The van der Waals surface area contributed by atoms with Crippen LogP contribution in [0.25, 0.3) is 11.3 Å². The highest BCUT2D eigenvalue weighted by Gasteiger charge is 2.13. The summed E-state index contributed by atoms with van der Waals surface area (Å²) < 4.78 is 5.29. The molecule has 1 heterocycles. The molecular weight excluding hydrogens is 214 g/mol. The zero-order chi connectivity index (χ0) is 12.6. The quantitative estimate of drug-likeness (QED) is 0.835. The van der Waals surface area contributed by atoms with Gasteiger partial charge in [0.1, 0.15) is 11.4 Å². The van der Waals surface area contributed by atoms with Gasteiger partial charge in [0.25, 0.3) is 0 Å². The van der Waals surface area contributed by atoms with E-state index in [0.717, 1.165) is 33.8 Å². The Labute approximate surface area is 101 Å². The van der Waals surface area contributed by atoms with Gasteiger partial charge in [-0.05, 0) is 44.0 Å². The highest BCUT2D eigenvalue weighted by Crippen LogP contribution is 2.32. The summed E-state index contributed by atoms with van der Waals surface area (Å²) in [4.78, 5) is 0. The predicted octanol–water partition coefficient (Wildman–Crippen LogP) is 2.59. The maximum atomic E-state index is 6.00. The average molecular weight is 231 g/mol. The lowest BCUT2D eigenvalue weighted by Gasteiger charge is -2.10. The van der Waals surface area contributed by atoms with Crippen molar-refractivity contribution in [3.8, 4) is 17.0 Å². The standard InChI is InChI=1S/C13H17N3O/c1-7-6-11(17-4)8(2)5-10(7)13-12(14)9(3)15-16-13/h5-6H,14H2,1-4H3,(H,15,16). The number of rotatable bonds is 2. The number of aromatic nitrogens is 2. The molecule has 4 nitrogen and oxygen atoms in total. The van der Waals surface area contributed by atoms with Gasteiger partial charge in [0.2, 0.25) is 0 Å². The van der Waals surface area contributed by atoms with Crippen LogP contribution in [0.4, 0.5) is 5.69 Å². The Bertz CT molecular complexity index is 558. The summed E-state index contributed by atoms with van der Waals surface area (Å²) in [5, 5.41) is 7.16. The molecule has 0 amide bonds. The molecule has 90 valence electrons. The van der Waals surface area contributed by atoms with E-state index in [1.165, 1.54) is 0 Å². The van der Waals surface area contributed by atoms with Gasteiger partial charge in [0.15, 0.2) is 0 Å². The van der Waals surface area contributed by atoms with Gasteiger partial charge in [-0.1, -0.05) is 0 Å². The summed E-state index contributed by atoms with van der Waals surface area (Å²) in [6.45, 7) is 5.95. The summed E-state index contributed by atoms with van der Waals surface area (Å²) in [5.41, 5.74) is 11.6. The van der Waals surface area contributed by atoms with Crippen molar-refractivity contribution in [1.29, 1.82) is 0 Å². The topological polar surface area (TPSA) is 63.9 Å². The van der Waals surface area contributed by atoms with Crippen LogP contribution in [0, 0.1) is 20.8 Å². The number of aryl methyl sites for hydroxylation is 3. The minimum Gasteiger partial charge on any atom is -0.496 e. The minimum atomic E-state index is 0.706. The molecule has 3 N–H and O–H groups in total. The van der Waals surface area contributed by atoms with E-state index in [1.807, 2.05) is 26.8 Å². The molecule has 2 aromatic rings. The van der Waals surface area contributed by atoms with Crippen LogP contribution in [0.15, 0.2) is 12.1 Å². The van der Waals surface area contributed by atoms with Gasteiger partial charge in [-0.3, -0.25) is 5.10 Å². The van der Waals surface area contributed by atoms with E-state index in [-0.39, 0.29) is 0 Å². The monoisotopic (exact) mass is 231 g/mol. The number of nitrogens with one attached hydrogen (secondary N) is 1. The first-order valence-electron chi connectivity index (χ1n) is 5.50. The molecule has 0 unspecified atom stereocenters. The molecule has 0 bridgehead atoms. The Hall–Kier alpha value is -1.97. The molecule has 0 atom stereocenters. The molecule has 0 saturated carbocycles. The fourth-order valence-corrected chi connectivity index (χ4v) is 1.91. The number of aromatic amines is 1. The maximum Gasteiger partial charge on any atom is 0.122 e. The van der Waals surface area contributed by atoms with Gasteiger partial charge in [-0.15, -0.1) is 0 Å². The molecule has 0 aliphatic carbocycles. The van der Waals surface area contributed by atoms with Crippen molar-refractivity contribution >= 4 is 5.69 Å². The van der Waals surface area contributed by atoms with Gasteiger partial charge in [0, 0.05) is 5.56 Å². The normalized spacial score (nSPS) is 10.6. The predicted molar refractivity (Wildman–Crippen MR) is 69.2 cm³/mol. The van der Waals surface area contributed by atoms with Crippen LogP contribution >= 0.6 is 0 Å². The molecule has 4 heteroatoms. The van der Waals surface area contributed by atoms with Crippen LogP contribution in [-0.2, 0) is 0 Å². The molecule has 0 saturated heterocycles. The van der Waals surface area contributed by atoms with Gasteiger partial charge in [-0.2, -0.15) is 5.10 Å². The number of nitrogens with two attached hydrogens (primary N) is 1. The van der Waals surface area contributed by atoms with E-state index >= 15 is 0 Å². The molecule has 0 aliphatic heterocycles. The lowest BCUT2D eigenvalue weighted by atomic mass is 10.0. The summed E-state index contributed by atoms with van der Waals surface area (Å²) in [6, 6.07) is 4.06. The van der Waals surface area contributed by atoms with Gasteiger partial charge in [-0.25, -0.2) is 0 Å². The Morgan fingerprint density at radius 3 is 2.41 bits per heavy atom. The molecular formula is C13H17N3O. The number of benzene rings is 1. The van der Waals surface area contributed by atoms with Crippen molar-refractivity contribution in [2.24, 2.45) is 0 Å².